The fraction of sp³-hybridized carbons (Fsp3) is 0.200. The minimum Gasteiger partial charge on any atom is -0.479 e. The van der Waals surface area contributed by atoms with Crippen molar-refractivity contribution in [3.63, 3.8) is 0 Å². The van der Waals surface area contributed by atoms with Crippen LogP contribution in [0.15, 0.2) is 59.1 Å². The maximum absolute atomic E-state index is 12.5. The molecule has 0 fully saturated rings. The summed E-state index contributed by atoms with van der Waals surface area (Å²) in [5.74, 6) is 0.227. The van der Waals surface area contributed by atoms with Crippen molar-refractivity contribution in [2.45, 2.75) is 20.0 Å². The van der Waals surface area contributed by atoms with E-state index in [-0.39, 0.29) is 11.8 Å². The second-order valence-corrected chi connectivity index (χ2v) is 7.11. The summed E-state index contributed by atoms with van der Waals surface area (Å²) in [5, 5.41) is 2.86. The normalized spacial score (nSPS) is 15.9. The topological polar surface area (TPSA) is 58.6 Å². The molecule has 0 spiro atoms. The van der Waals surface area contributed by atoms with E-state index < -0.39 is 6.10 Å². The van der Waals surface area contributed by atoms with Gasteiger partial charge in [0.05, 0.1) is 11.3 Å². The molecule has 5 nitrogen and oxygen atoms in total. The van der Waals surface area contributed by atoms with Gasteiger partial charge in [0.2, 0.25) is 0 Å². The van der Waals surface area contributed by atoms with Crippen molar-refractivity contribution in [1.82, 2.24) is 0 Å². The molecule has 134 valence electrons. The Bertz CT molecular complexity index is 894. The fourth-order valence-electron chi connectivity index (χ4n) is 2.77. The largest absolute Gasteiger partial charge is 0.479 e. The Hall–Kier alpha value is -2.60. The number of carbonyl (C=O) groups excluding carboxylic acids is 2. The molecule has 2 aromatic rings. The third kappa shape index (κ3) is 3.65. The highest BCUT2D eigenvalue weighted by Gasteiger charge is 2.31. The summed E-state index contributed by atoms with van der Waals surface area (Å²) >= 11 is 3.38. The van der Waals surface area contributed by atoms with E-state index in [1.54, 1.807) is 42.2 Å². The molecule has 0 aromatic heterocycles. The maximum Gasteiger partial charge on any atom is 0.268 e. The molecule has 0 saturated heterocycles. The summed E-state index contributed by atoms with van der Waals surface area (Å²) in [6.07, 6.45) is -0.587. The molecule has 1 heterocycles. The molecule has 0 aliphatic carbocycles. The van der Waals surface area contributed by atoms with Gasteiger partial charge in [0.15, 0.2) is 6.10 Å². The summed E-state index contributed by atoms with van der Waals surface area (Å²) in [7, 11) is 0. The van der Waals surface area contributed by atoms with Crippen molar-refractivity contribution in [3.05, 3.63) is 64.7 Å². The van der Waals surface area contributed by atoms with Gasteiger partial charge in [-0.3, -0.25) is 9.59 Å². The van der Waals surface area contributed by atoms with E-state index in [0.717, 1.165) is 10.0 Å². The predicted octanol–water partition coefficient (Wildman–Crippen LogP) is 4.39. The van der Waals surface area contributed by atoms with Crippen LogP contribution < -0.4 is 15.0 Å². The highest BCUT2D eigenvalue weighted by molar-refractivity contribution is 9.10. The van der Waals surface area contributed by atoms with Crippen LogP contribution in [0.1, 0.15) is 24.2 Å². The maximum atomic E-state index is 12.5. The van der Waals surface area contributed by atoms with Crippen LogP contribution >= 0.6 is 15.9 Å². The first-order chi connectivity index (χ1) is 12.4. The van der Waals surface area contributed by atoms with Crippen LogP contribution in [-0.2, 0) is 4.79 Å². The molecule has 1 aliphatic rings. The lowest BCUT2D eigenvalue weighted by atomic mass is 10.1. The Morgan fingerprint density at radius 2 is 2.04 bits per heavy atom. The lowest BCUT2D eigenvalue weighted by Crippen LogP contribution is -2.45. The van der Waals surface area contributed by atoms with Gasteiger partial charge in [0.1, 0.15) is 5.75 Å². The predicted molar refractivity (Wildman–Crippen MR) is 106 cm³/mol. The molecule has 2 aromatic carbocycles. The number of fused-ring (bicyclic) bond motifs is 1. The molecule has 3 rings (SSSR count). The summed E-state index contributed by atoms with van der Waals surface area (Å²) in [6, 6.07) is 12.5. The van der Waals surface area contributed by atoms with Gasteiger partial charge in [0.25, 0.3) is 11.8 Å². The number of carbonyl (C=O) groups is 2. The Balaban J connectivity index is 1.88. The summed E-state index contributed by atoms with van der Waals surface area (Å²) in [6.45, 7) is 7.90. The van der Waals surface area contributed by atoms with Gasteiger partial charge < -0.3 is 15.0 Å². The lowest BCUT2D eigenvalue weighted by Gasteiger charge is -2.33. The van der Waals surface area contributed by atoms with E-state index in [1.165, 1.54) is 0 Å². The van der Waals surface area contributed by atoms with Gasteiger partial charge in [-0.05, 0) is 54.0 Å². The van der Waals surface area contributed by atoms with Crippen molar-refractivity contribution in [3.8, 4) is 5.75 Å². The van der Waals surface area contributed by atoms with Gasteiger partial charge in [-0.1, -0.05) is 24.3 Å². The van der Waals surface area contributed by atoms with Gasteiger partial charge in [-0.15, -0.1) is 0 Å². The zero-order valence-electron chi connectivity index (χ0n) is 14.6. The van der Waals surface area contributed by atoms with Crippen molar-refractivity contribution in [1.29, 1.82) is 0 Å². The third-order valence-corrected chi connectivity index (χ3v) is 4.66. The Morgan fingerprint density at radius 1 is 1.31 bits per heavy atom. The van der Waals surface area contributed by atoms with Crippen molar-refractivity contribution in [2.24, 2.45) is 0 Å². The quantitative estimate of drug-likeness (QED) is 0.754. The van der Waals surface area contributed by atoms with Crippen molar-refractivity contribution < 1.29 is 14.3 Å². The molecule has 6 heteroatoms. The van der Waals surface area contributed by atoms with Crippen molar-refractivity contribution >= 4 is 39.1 Å². The highest BCUT2D eigenvalue weighted by Crippen LogP contribution is 2.36. The number of amides is 2. The Labute approximate surface area is 160 Å². The lowest BCUT2D eigenvalue weighted by molar-refractivity contribution is -0.125. The number of benzene rings is 2. The zero-order chi connectivity index (χ0) is 18.8. The summed E-state index contributed by atoms with van der Waals surface area (Å²) < 4.78 is 6.45. The molecule has 1 aliphatic heterocycles. The zero-order valence-corrected chi connectivity index (χ0v) is 16.2. The number of hydrogen-bond donors (Lipinski definition) is 1. The molecule has 0 bridgehead atoms. The standard InChI is InChI=1S/C20H19BrN2O3/c1-12(2)11-23-17-9-8-14(10-18(17)26-13(3)20(23)25)22-19(24)15-6-4-5-7-16(15)21/h4-10,13H,1,11H2,2-3H3,(H,22,24). The molecule has 1 atom stereocenters. The Kier molecular flexibility index (Phi) is 5.13. The smallest absolute Gasteiger partial charge is 0.268 e. The fourth-order valence-corrected chi connectivity index (χ4v) is 3.23. The average Bonchev–Trinajstić information content (AvgIpc) is 2.59. The highest BCUT2D eigenvalue weighted by atomic mass is 79.9. The van der Waals surface area contributed by atoms with Crippen LogP contribution in [0.2, 0.25) is 0 Å². The number of nitrogens with zero attached hydrogens (tertiary/aromatic N) is 1. The molecule has 1 unspecified atom stereocenters. The summed E-state index contributed by atoms with van der Waals surface area (Å²) in [5.41, 5.74) is 2.69. The second kappa shape index (κ2) is 7.33. The summed E-state index contributed by atoms with van der Waals surface area (Å²) in [4.78, 5) is 26.5. The first-order valence-corrected chi connectivity index (χ1v) is 8.98. The van der Waals surface area contributed by atoms with Crippen molar-refractivity contribution in [2.75, 3.05) is 16.8 Å². The van der Waals surface area contributed by atoms with Crippen LogP contribution in [0.25, 0.3) is 0 Å². The number of ether oxygens (including phenoxy) is 1. The number of halogens is 1. The van der Waals surface area contributed by atoms with E-state index in [2.05, 4.69) is 27.8 Å². The number of hydrogen-bond acceptors (Lipinski definition) is 3. The van der Waals surface area contributed by atoms with E-state index in [1.807, 2.05) is 19.1 Å². The SMILES string of the molecule is C=C(C)CN1C(=O)C(C)Oc2cc(NC(=O)c3ccccc3Br)ccc21. The van der Waals surface area contributed by atoms with Crippen LogP contribution in [0, 0.1) is 0 Å². The van der Waals surface area contributed by atoms with E-state index in [9.17, 15) is 9.59 Å². The minimum atomic E-state index is -0.587. The van der Waals surface area contributed by atoms with Gasteiger partial charge in [-0.25, -0.2) is 0 Å². The van der Waals surface area contributed by atoms with E-state index >= 15 is 0 Å². The molecular weight excluding hydrogens is 396 g/mol. The second-order valence-electron chi connectivity index (χ2n) is 6.26. The van der Waals surface area contributed by atoms with Gasteiger partial charge in [0, 0.05) is 22.8 Å². The van der Waals surface area contributed by atoms with E-state index in [0.29, 0.717) is 29.2 Å². The Morgan fingerprint density at radius 3 is 2.73 bits per heavy atom. The van der Waals surface area contributed by atoms with Crippen LogP contribution in [0.4, 0.5) is 11.4 Å². The van der Waals surface area contributed by atoms with Gasteiger partial charge >= 0.3 is 0 Å². The first kappa shape index (κ1) is 18.2. The molecular formula is C20H19BrN2O3. The molecule has 0 saturated carbocycles. The molecule has 0 radical (unpaired) electrons. The minimum absolute atomic E-state index is 0.106. The monoisotopic (exact) mass is 414 g/mol. The van der Waals surface area contributed by atoms with Crippen LogP contribution in [0.5, 0.6) is 5.75 Å². The van der Waals surface area contributed by atoms with E-state index in [4.69, 9.17) is 4.74 Å². The number of rotatable bonds is 4. The number of nitrogens with one attached hydrogen (secondary N) is 1. The molecule has 1 N–H and O–H groups in total. The number of anilines is 2. The average molecular weight is 415 g/mol. The first-order valence-electron chi connectivity index (χ1n) is 8.19. The van der Waals surface area contributed by atoms with Gasteiger partial charge in [-0.2, -0.15) is 0 Å². The van der Waals surface area contributed by atoms with Crippen LogP contribution in [0.3, 0.4) is 0 Å². The van der Waals surface area contributed by atoms with Crippen LogP contribution in [-0.4, -0.2) is 24.5 Å². The third-order valence-electron chi connectivity index (χ3n) is 3.97. The molecule has 2 amide bonds. The molecule has 26 heavy (non-hydrogen) atoms.